The fourth-order valence-corrected chi connectivity index (χ4v) is 3.82. The molecule has 3 aromatic rings. The highest BCUT2D eigenvalue weighted by atomic mass is 16.2. The molecule has 4 rings (SSSR count). The number of anilines is 1. The summed E-state index contributed by atoms with van der Waals surface area (Å²) >= 11 is 0. The Morgan fingerprint density at radius 1 is 1.24 bits per heavy atom. The Hall–Kier alpha value is -2.89. The lowest BCUT2D eigenvalue weighted by molar-refractivity contribution is 0.0983. The number of aryl methyl sites for hydroxylation is 4. The van der Waals surface area contributed by atoms with E-state index in [1.807, 2.05) is 26.1 Å². The van der Waals surface area contributed by atoms with Crippen molar-refractivity contribution in [1.82, 2.24) is 14.3 Å². The normalized spacial score (nSPS) is 14.0. The van der Waals surface area contributed by atoms with Crippen LogP contribution in [0.4, 0.5) is 5.69 Å². The van der Waals surface area contributed by atoms with Crippen LogP contribution in [0.15, 0.2) is 35.4 Å². The molecule has 1 aliphatic heterocycles. The number of fused-ring (bicyclic) bond motifs is 2. The van der Waals surface area contributed by atoms with Gasteiger partial charge in [0.2, 0.25) is 5.43 Å². The summed E-state index contributed by atoms with van der Waals surface area (Å²) in [6, 6.07) is 6.08. The Labute approximate surface area is 145 Å². The minimum atomic E-state index is -0.257. The van der Waals surface area contributed by atoms with Crippen molar-refractivity contribution in [2.24, 2.45) is 14.1 Å². The highest BCUT2D eigenvalue weighted by Gasteiger charge is 2.27. The van der Waals surface area contributed by atoms with Gasteiger partial charge in [-0.3, -0.25) is 14.3 Å². The van der Waals surface area contributed by atoms with Crippen LogP contribution in [0.3, 0.4) is 0 Å². The van der Waals surface area contributed by atoms with Gasteiger partial charge in [-0.25, -0.2) is 0 Å². The lowest BCUT2D eigenvalue weighted by Crippen LogP contribution is -2.38. The van der Waals surface area contributed by atoms with Gasteiger partial charge in [-0.1, -0.05) is 18.2 Å². The van der Waals surface area contributed by atoms with Gasteiger partial charge >= 0.3 is 0 Å². The summed E-state index contributed by atoms with van der Waals surface area (Å²) in [5, 5.41) is 4.62. The second-order valence-electron chi connectivity index (χ2n) is 6.63. The Morgan fingerprint density at radius 3 is 2.84 bits per heavy atom. The van der Waals surface area contributed by atoms with E-state index in [1.165, 1.54) is 11.8 Å². The number of carbonyl (C=O) groups excluding carboxylic acids is 1. The van der Waals surface area contributed by atoms with Crippen LogP contribution in [0.2, 0.25) is 0 Å². The first-order valence-electron chi connectivity index (χ1n) is 8.40. The lowest BCUT2D eigenvalue weighted by Gasteiger charge is -2.31. The molecule has 0 spiro atoms. The number of amides is 1. The molecule has 3 heterocycles. The topological polar surface area (TPSA) is 60.1 Å². The van der Waals surface area contributed by atoms with Crippen LogP contribution in [-0.4, -0.2) is 26.8 Å². The second kappa shape index (κ2) is 5.58. The fraction of sp³-hybridized carbons (Fsp3) is 0.316. The molecule has 6 heteroatoms. The van der Waals surface area contributed by atoms with Gasteiger partial charge in [0, 0.05) is 26.8 Å². The molecule has 25 heavy (non-hydrogen) atoms. The molecule has 0 aliphatic carbocycles. The Morgan fingerprint density at radius 2 is 2.04 bits per heavy atom. The molecule has 1 amide bonds. The number of pyridine rings is 1. The molecule has 6 nitrogen and oxygen atoms in total. The number of rotatable bonds is 1. The third kappa shape index (κ3) is 2.28. The van der Waals surface area contributed by atoms with Gasteiger partial charge in [0.1, 0.15) is 11.2 Å². The average Bonchev–Trinajstić information content (AvgIpc) is 3.00. The van der Waals surface area contributed by atoms with Crippen molar-refractivity contribution in [3.63, 3.8) is 0 Å². The predicted molar refractivity (Wildman–Crippen MR) is 97.1 cm³/mol. The van der Waals surface area contributed by atoms with Crippen LogP contribution in [0.25, 0.3) is 11.0 Å². The van der Waals surface area contributed by atoms with Gasteiger partial charge in [0.15, 0.2) is 0 Å². The molecule has 0 radical (unpaired) electrons. The van der Waals surface area contributed by atoms with E-state index in [9.17, 15) is 9.59 Å². The minimum Gasteiger partial charge on any atom is -0.335 e. The summed E-state index contributed by atoms with van der Waals surface area (Å²) in [5.74, 6) is -0.235. The van der Waals surface area contributed by atoms with E-state index in [0.29, 0.717) is 17.6 Å². The summed E-state index contributed by atoms with van der Waals surface area (Å²) in [7, 11) is 3.61. The highest BCUT2D eigenvalue weighted by Crippen LogP contribution is 2.31. The van der Waals surface area contributed by atoms with Gasteiger partial charge in [0.05, 0.1) is 17.3 Å². The van der Waals surface area contributed by atoms with Crippen LogP contribution in [0, 0.1) is 6.92 Å². The standard InChI is InChI=1S/C19H20N4O2/c1-12-6-4-7-13-8-5-9-23(16(12)13)19(25)15-11-21(2)18-14(17(15)24)10-20-22(18)3/h4,6-7,10-11H,5,8-9H2,1-3H3. The molecule has 0 saturated heterocycles. The zero-order chi connectivity index (χ0) is 17.7. The summed E-state index contributed by atoms with van der Waals surface area (Å²) in [4.78, 5) is 27.8. The molecule has 128 valence electrons. The van der Waals surface area contributed by atoms with Gasteiger partial charge in [-0.15, -0.1) is 0 Å². The monoisotopic (exact) mass is 336 g/mol. The number of hydrogen-bond donors (Lipinski definition) is 0. The number of hydrogen-bond acceptors (Lipinski definition) is 3. The molecular weight excluding hydrogens is 316 g/mol. The van der Waals surface area contributed by atoms with Crippen LogP contribution in [0.1, 0.15) is 27.9 Å². The lowest BCUT2D eigenvalue weighted by atomic mass is 9.97. The number of carbonyl (C=O) groups is 1. The first kappa shape index (κ1) is 15.6. The summed E-state index contributed by atoms with van der Waals surface area (Å²) in [6.45, 7) is 2.64. The number of benzene rings is 1. The molecule has 1 aromatic carbocycles. The number of nitrogens with zero attached hydrogens (tertiary/aromatic N) is 4. The van der Waals surface area contributed by atoms with E-state index in [4.69, 9.17) is 0 Å². The van der Waals surface area contributed by atoms with Crippen LogP contribution in [-0.2, 0) is 20.5 Å². The van der Waals surface area contributed by atoms with E-state index in [0.717, 1.165) is 24.1 Å². The van der Waals surface area contributed by atoms with Crippen LogP contribution < -0.4 is 10.3 Å². The van der Waals surface area contributed by atoms with Crippen molar-refractivity contribution in [1.29, 1.82) is 0 Å². The van der Waals surface area contributed by atoms with E-state index in [1.54, 1.807) is 27.4 Å². The van der Waals surface area contributed by atoms with Crippen molar-refractivity contribution in [3.05, 3.63) is 57.5 Å². The van der Waals surface area contributed by atoms with Crippen molar-refractivity contribution in [2.45, 2.75) is 19.8 Å². The maximum Gasteiger partial charge on any atom is 0.263 e. The summed E-state index contributed by atoms with van der Waals surface area (Å²) < 4.78 is 3.44. The van der Waals surface area contributed by atoms with E-state index >= 15 is 0 Å². The largest absolute Gasteiger partial charge is 0.335 e. The summed E-state index contributed by atoms with van der Waals surface area (Å²) in [5.41, 5.74) is 3.82. The van der Waals surface area contributed by atoms with E-state index in [-0.39, 0.29) is 16.9 Å². The number of aromatic nitrogens is 3. The molecule has 1 aliphatic rings. The third-order valence-corrected chi connectivity index (χ3v) is 4.95. The molecule has 0 fully saturated rings. The molecular formula is C19H20N4O2. The Kier molecular flexibility index (Phi) is 3.49. The molecule has 0 saturated carbocycles. The average molecular weight is 336 g/mol. The molecule has 0 atom stereocenters. The van der Waals surface area contributed by atoms with Crippen LogP contribution in [0.5, 0.6) is 0 Å². The SMILES string of the molecule is Cc1cccc2c1N(C(=O)c1cn(C)c3c(cnn3C)c1=O)CCC2. The minimum absolute atomic E-state index is 0.194. The molecule has 0 N–H and O–H groups in total. The van der Waals surface area contributed by atoms with Gasteiger partial charge in [0.25, 0.3) is 5.91 Å². The van der Waals surface area contributed by atoms with Gasteiger partial charge in [-0.05, 0) is 30.9 Å². The zero-order valence-corrected chi connectivity index (χ0v) is 14.6. The maximum atomic E-state index is 13.2. The van der Waals surface area contributed by atoms with Gasteiger partial charge < -0.3 is 9.47 Å². The van der Waals surface area contributed by atoms with E-state index in [2.05, 4.69) is 11.2 Å². The van der Waals surface area contributed by atoms with Crippen molar-refractivity contribution in [3.8, 4) is 0 Å². The van der Waals surface area contributed by atoms with Crippen LogP contribution >= 0.6 is 0 Å². The first-order chi connectivity index (χ1) is 12.0. The second-order valence-corrected chi connectivity index (χ2v) is 6.63. The molecule has 2 aromatic heterocycles. The fourth-order valence-electron chi connectivity index (χ4n) is 3.82. The van der Waals surface area contributed by atoms with Gasteiger partial charge in [-0.2, -0.15) is 5.10 Å². The predicted octanol–water partition coefficient (Wildman–Crippen LogP) is 2.17. The first-order valence-corrected chi connectivity index (χ1v) is 8.40. The number of para-hydroxylation sites is 1. The molecule has 0 bridgehead atoms. The summed E-state index contributed by atoms with van der Waals surface area (Å²) in [6.07, 6.45) is 5.02. The maximum absolute atomic E-state index is 13.2. The zero-order valence-electron chi connectivity index (χ0n) is 14.6. The third-order valence-electron chi connectivity index (χ3n) is 4.95. The highest BCUT2D eigenvalue weighted by molar-refractivity contribution is 6.08. The van der Waals surface area contributed by atoms with Crippen molar-refractivity contribution < 1.29 is 4.79 Å². The molecule has 0 unspecified atom stereocenters. The van der Waals surface area contributed by atoms with Crippen molar-refractivity contribution in [2.75, 3.05) is 11.4 Å². The smallest absolute Gasteiger partial charge is 0.263 e. The quantitative estimate of drug-likeness (QED) is 0.684. The Bertz CT molecular complexity index is 1060. The van der Waals surface area contributed by atoms with E-state index < -0.39 is 0 Å². The Balaban J connectivity index is 1.88. The van der Waals surface area contributed by atoms with Crippen molar-refractivity contribution >= 4 is 22.6 Å².